The lowest BCUT2D eigenvalue weighted by Crippen LogP contribution is -2.45. The Morgan fingerprint density at radius 2 is 2.33 bits per heavy atom. The molecule has 4 nitrogen and oxygen atoms in total. The first-order valence-corrected chi connectivity index (χ1v) is 8.63. The summed E-state index contributed by atoms with van der Waals surface area (Å²) in [5.74, 6) is 0.316. The summed E-state index contributed by atoms with van der Waals surface area (Å²) in [5.41, 5.74) is 0. The van der Waals surface area contributed by atoms with Crippen molar-refractivity contribution in [2.75, 3.05) is 25.6 Å². The molecule has 1 fully saturated rings. The average Bonchev–Trinajstić information content (AvgIpc) is 2.88. The number of thiophene rings is 1. The molecule has 0 aliphatic carbocycles. The zero-order valence-corrected chi connectivity index (χ0v) is 12.5. The zero-order valence-electron chi connectivity index (χ0n) is 10.1. The average molecular weight is 310 g/mol. The molecule has 0 radical (unpaired) electrons. The summed E-state index contributed by atoms with van der Waals surface area (Å²) in [4.78, 5) is 1.08. The Hall–Kier alpha value is -0.140. The zero-order chi connectivity index (χ0) is 13.2. The van der Waals surface area contributed by atoms with Crippen LogP contribution in [0.3, 0.4) is 0 Å². The monoisotopic (exact) mass is 309 g/mol. The minimum atomic E-state index is -3.38. The maximum atomic E-state index is 12.4. The van der Waals surface area contributed by atoms with E-state index in [2.05, 4.69) is 0 Å². The second kappa shape index (κ2) is 5.88. The number of sulfonamides is 1. The smallest absolute Gasteiger partial charge is 0.252 e. The quantitative estimate of drug-likeness (QED) is 0.799. The van der Waals surface area contributed by atoms with Crippen molar-refractivity contribution in [2.24, 2.45) is 0 Å². The van der Waals surface area contributed by atoms with E-state index in [9.17, 15) is 8.42 Å². The van der Waals surface area contributed by atoms with Crippen LogP contribution in [-0.2, 0) is 21.2 Å². The second-order valence-corrected chi connectivity index (χ2v) is 7.73. The molecular weight excluding hydrogens is 294 g/mol. The van der Waals surface area contributed by atoms with Gasteiger partial charge in [0, 0.05) is 23.8 Å². The normalized spacial score (nSPS) is 22.2. The van der Waals surface area contributed by atoms with Crippen molar-refractivity contribution in [3.8, 4) is 0 Å². The van der Waals surface area contributed by atoms with Gasteiger partial charge in [-0.3, -0.25) is 0 Å². The van der Waals surface area contributed by atoms with E-state index < -0.39 is 10.0 Å². The van der Waals surface area contributed by atoms with E-state index in [1.807, 2.05) is 13.0 Å². The SMILES string of the molecule is CCc1ccc(S(=O)(=O)N2CCOC(CCl)C2)s1. The van der Waals surface area contributed by atoms with Crippen LogP contribution in [0.1, 0.15) is 11.8 Å². The minimum absolute atomic E-state index is 0.208. The van der Waals surface area contributed by atoms with Gasteiger partial charge in [-0.25, -0.2) is 8.42 Å². The van der Waals surface area contributed by atoms with E-state index in [1.54, 1.807) is 6.07 Å². The van der Waals surface area contributed by atoms with Crippen LogP contribution >= 0.6 is 22.9 Å². The molecule has 1 saturated heterocycles. The summed E-state index contributed by atoms with van der Waals surface area (Å²) in [5, 5.41) is 0. The summed E-state index contributed by atoms with van der Waals surface area (Å²) in [6, 6.07) is 3.56. The highest BCUT2D eigenvalue weighted by Crippen LogP contribution is 2.26. The molecule has 102 valence electrons. The number of aryl methyl sites for hydroxylation is 1. The predicted molar refractivity (Wildman–Crippen MR) is 72.9 cm³/mol. The highest BCUT2D eigenvalue weighted by atomic mass is 35.5. The lowest BCUT2D eigenvalue weighted by atomic mass is 10.3. The summed E-state index contributed by atoms with van der Waals surface area (Å²) in [6.07, 6.45) is 0.647. The topological polar surface area (TPSA) is 46.6 Å². The molecule has 1 aromatic rings. The molecule has 18 heavy (non-hydrogen) atoms. The predicted octanol–water partition coefficient (Wildman–Crippen LogP) is 1.94. The van der Waals surface area contributed by atoms with E-state index in [0.29, 0.717) is 29.8 Å². The van der Waals surface area contributed by atoms with Gasteiger partial charge in [-0.05, 0) is 18.6 Å². The van der Waals surface area contributed by atoms with Gasteiger partial charge in [-0.1, -0.05) is 6.92 Å². The van der Waals surface area contributed by atoms with E-state index in [0.717, 1.165) is 11.3 Å². The van der Waals surface area contributed by atoms with Crippen molar-refractivity contribution in [3.05, 3.63) is 17.0 Å². The molecule has 1 aliphatic rings. The Morgan fingerprint density at radius 1 is 1.56 bits per heavy atom. The third-order valence-electron chi connectivity index (χ3n) is 2.85. The first kappa shape index (κ1) is 14.3. The van der Waals surface area contributed by atoms with Crippen molar-refractivity contribution >= 4 is 33.0 Å². The van der Waals surface area contributed by atoms with Gasteiger partial charge in [0.25, 0.3) is 10.0 Å². The van der Waals surface area contributed by atoms with Crippen LogP contribution in [0.25, 0.3) is 0 Å². The summed E-state index contributed by atoms with van der Waals surface area (Å²) in [6.45, 7) is 3.16. The molecule has 0 spiro atoms. The van der Waals surface area contributed by atoms with Crippen molar-refractivity contribution in [1.82, 2.24) is 4.31 Å². The molecular formula is C11H16ClNO3S2. The number of morpholine rings is 1. The third-order valence-corrected chi connectivity index (χ3v) is 6.76. The molecule has 1 unspecified atom stereocenters. The second-order valence-electron chi connectivity index (χ2n) is 4.08. The van der Waals surface area contributed by atoms with E-state index in [1.165, 1.54) is 15.6 Å². The maximum absolute atomic E-state index is 12.4. The van der Waals surface area contributed by atoms with Crippen LogP contribution in [-0.4, -0.2) is 44.4 Å². The fraction of sp³-hybridized carbons (Fsp3) is 0.636. The van der Waals surface area contributed by atoms with Crippen LogP contribution in [0.2, 0.25) is 0 Å². The molecule has 0 amide bonds. The Labute approximate surface area is 117 Å². The van der Waals surface area contributed by atoms with Gasteiger partial charge >= 0.3 is 0 Å². The summed E-state index contributed by atoms with van der Waals surface area (Å²) in [7, 11) is -3.38. The molecule has 1 aromatic heterocycles. The number of alkyl halides is 1. The molecule has 1 aliphatic heterocycles. The van der Waals surface area contributed by atoms with Gasteiger partial charge in [0.05, 0.1) is 12.7 Å². The Morgan fingerprint density at radius 3 is 2.94 bits per heavy atom. The van der Waals surface area contributed by atoms with Gasteiger partial charge in [-0.15, -0.1) is 22.9 Å². The Balaban J connectivity index is 2.19. The van der Waals surface area contributed by atoms with Gasteiger partial charge < -0.3 is 4.74 Å². The first-order chi connectivity index (χ1) is 8.57. The molecule has 7 heteroatoms. The fourth-order valence-corrected chi connectivity index (χ4v) is 4.91. The molecule has 0 saturated carbocycles. The largest absolute Gasteiger partial charge is 0.374 e. The van der Waals surface area contributed by atoms with E-state index >= 15 is 0 Å². The molecule has 0 bridgehead atoms. The van der Waals surface area contributed by atoms with Crippen molar-refractivity contribution in [2.45, 2.75) is 23.7 Å². The number of halogens is 1. The molecule has 2 rings (SSSR count). The van der Waals surface area contributed by atoms with Crippen molar-refractivity contribution in [1.29, 1.82) is 0 Å². The molecule has 0 N–H and O–H groups in total. The molecule has 1 atom stereocenters. The number of hydrogen-bond donors (Lipinski definition) is 0. The summed E-state index contributed by atoms with van der Waals surface area (Å²) >= 11 is 7.06. The van der Waals surface area contributed by atoms with Gasteiger partial charge in [0.2, 0.25) is 0 Å². The Bertz CT molecular complexity index is 500. The summed E-state index contributed by atoms with van der Waals surface area (Å²) < 4.78 is 32.1. The van der Waals surface area contributed by atoms with Crippen molar-refractivity contribution < 1.29 is 13.2 Å². The fourth-order valence-electron chi connectivity index (χ4n) is 1.82. The minimum Gasteiger partial charge on any atom is -0.374 e. The van der Waals surface area contributed by atoms with Crippen molar-refractivity contribution in [3.63, 3.8) is 0 Å². The first-order valence-electron chi connectivity index (χ1n) is 5.84. The highest BCUT2D eigenvalue weighted by molar-refractivity contribution is 7.91. The van der Waals surface area contributed by atoms with Gasteiger partial charge in [0.15, 0.2) is 0 Å². The lowest BCUT2D eigenvalue weighted by Gasteiger charge is -2.30. The van der Waals surface area contributed by atoms with E-state index in [4.69, 9.17) is 16.3 Å². The highest BCUT2D eigenvalue weighted by Gasteiger charge is 2.31. The van der Waals surface area contributed by atoms with Crippen LogP contribution in [0, 0.1) is 0 Å². The van der Waals surface area contributed by atoms with Crippen LogP contribution in [0.15, 0.2) is 16.3 Å². The number of hydrogen-bond acceptors (Lipinski definition) is 4. The number of nitrogens with zero attached hydrogens (tertiary/aromatic N) is 1. The number of ether oxygens (including phenoxy) is 1. The van der Waals surface area contributed by atoms with Crippen LogP contribution < -0.4 is 0 Å². The third kappa shape index (κ3) is 2.88. The van der Waals surface area contributed by atoms with Gasteiger partial charge in [-0.2, -0.15) is 4.31 Å². The maximum Gasteiger partial charge on any atom is 0.252 e. The number of rotatable bonds is 4. The van der Waals surface area contributed by atoms with Crippen LogP contribution in [0.5, 0.6) is 0 Å². The van der Waals surface area contributed by atoms with E-state index in [-0.39, 0.29) is 6.10 Å². The molecule has 0 aromatic carbocycles. The van der Waals surface area contributed by atoms with Gasteiger partial charge in [0.1, 0.15) is 4.21 Å². The standard InChI is InChI=1S/C11H16ClNO3S2/c1-2-10-3-4-11(17-10)18(14,15)13-5-6-16-9(7-12)8-13/h3-4,9H,2,5-8H2,1H3. The Kier molecular flexibility index (Phi) is 4.66. The molecule has 2 heterocycles. The van der Waals surface area contributed by atoms with Crippen LogP contribution in [0.4, 0.5) is 0 Å². The lowest BCUT2D eigenvalue weighted by molar-refractivity contribution is 0.0123.